The van der Waals surface area contributed by atoms with Crippen LogP contribution in [0.2, 0.25) is 0 Å². The largest absolute Gasteiger partial charge is 0.396 e. The Kier molecular flexibility index (Phi) is 3.01. The summed E-state index contributed by atoms with van der Waals surface area (Å²) in [7, 11) is 5.77. The van der Waals surface area contributed by atoms with Gasteiger partial charge in [0.2, 0.25) is 0 Å². The van der Waals surface area contributed by atoms with Crippen LogP contribution in [0.3, 0.4) is 0 Å². The molecular formula is C12H15BN2O. The second-order valence-corrected chi connectivity index (χ2v) is 4.33. The van der Waals surface area contributed by atoms with Crippen LogP contribution in [0, 0.1) is 12.8 Å². The monoisotopic (exact) mass is 214 g/mol. The maximum Gasteiger partial charge on any atom is 0.113 e. The molecular weight excluding hydrogens is 199 g/mol. The van der Waals surface area contributed by atoms with Crippen molar-refractivity contribution in [1.29, 1.82) is 0 Å². The van der Waals surface area contributed by atoms with Crippen molar-refractivity contribution in [2.24, 2.45) is 5.92 Å². The average molecular weight is 214 g/mol. The van der Waals surface area contributed by atoms with Gasteiger partial charge in [0.1, 0.15) is 7.85 Å². The van der Waals surface area contributed by atoms with Gasteiger partial charge in [-0.2, -0.15) is 5.10 Å². The maximum absolute atomic E-state index is 9.06. The molecule has 4 heteroatoms. The third-order valence-corrected chi connectivity index (χ3v) is 2.76. The second-order valence-electron chi connectivity index (χ2n) is 4.33. The summed E-state index contributed by atoms with van der Waals surface area (Å²) < 4.78 is 1.92. The highest BCUT2D eigenvalue weighted by Gasteiger charge is 2.09. The van der Waals surface area contributed by atoms with Gasteiger partial charge in [0.15, 0.2) is 0 Å². The molecule has 0 bridgehead atoms. The standard InChI is InChI=1S/C12H15BN2O/c1-8(7-16)6-15-12-5-10(13)3-4-11(12)9(2)14-15/h3-5,8,16H,6-7H2,1-2H3. The zero-order valence-corrected chi connectivity index (χ0v) is 9.64. The Morgan fingerprint density at radius 2 is 2.25 bits per heavy atom. The van der Waals surface area contributed by atoms with Crippen LogP contribution in [0.15, 0.2) is 18.2 Å². The topological polar surface area (TPSA) is 38.0 Å². The van der Waals surface area contributed by atoms with E-state index in [9.17, 15) is 0 Å². The highest BCUT2D eigenvalue weighted by atomic mass is 16.3. The molecule has 3 nitrogen and oxygen atoms in total. The van der Waals surface area contributed by atoms with Crippen LogP contribution in [-0.4, -0.2) is 29.3 Å². The minimum absolute atomic E-state index is 0.169. The molecule has 0 aliphatic heterocycles. The number of aliphatic hydroxyl groups excluding tert-OH is 1. The molecule has 0 aliphatic rings. The lowest BCUT2D eigenvalue weighted by molar-refractivity contribution is 0.220. The smallest absolute Gasteiger partial charge is 0.113 e. The molecule has 1 unspecified atom stereocenters. The molecule has 1 aromatic heterocycles. The first-order chi connectivity index (χ1) is 7.61. The Morgan fingerprint density at radius 1 is 1.50 bits per heavy atom. The highest BCUT2D eigenvalue weighted by Crippen LogP contribution is 2.17. The lowest BCUT2D eigenvalue weighted by Crippen LogP contribution is -2.13. The third-order valence-electron chi connectivity index (χ3n) is 2.76. The number of fused-ring (bicyclic) bond motifs is 1. The number of aromatic nitrogens is 2. The minimum Gasteiger partial charge on any atom is -0.396 e. The van der Waals surface area contributed by atoms with E-state index in [0.29, 0.717) is 6.54 Å². The van der Waals surface area contributed by atoms with Gasteiger partial charge in [-0.15, -0.1) is 0 Å². The van der Waals surface area contributed by atoms with Crippen molar-refractivity contribution in [3.63, 3.8) is 0 Å². The highest BCUT2D eigenvalue weighted by molar-refractivity contribution is 6.33. The molecule has 1 aromatic carbocycles. The van der Waals surface area contributed by atoms with Crippen molar-refractivity contribution in [2.75, 3.05) is 6.61 Å². The quantitative estimate of drug-likeness (QED) is 0.766. The van der Waals surface area contributed by atoms with E-state index in [1.165, 1.54) is 0 Å². The van der Waals surface area contributed by atoms with Gasteiger partial charge in [0, 0.05) is 18.5 Å². The van der Waals surface area contributed by atoms with E-state index in [1.807, 2.05) is 36.7 Å². The van der Waals surface area contributed by atoms with Gasteiger partial charge in [0.25, 0.3) is 0 Å². The van der Waals surface area contributed by atoms with Crippen LogP contribution in [0.5, 0.6) is 0 Å². The second kappa shape index (κ2) is 4.30. The Balaban J connectivity index is 2.48. The summed E-state index contributed by atoms with van der Waals surface area (Å²) in [5.74, 6) is 0.198. The first kappa shape index (κ1) is 11.2. The van der Waals surface area contributed by atoms with Gasteiger partial charge >= 0.3 is 0 Å². The van der Waals surface area contributed by atoms with E-state index < -0.39 is 0 Å². The molecule has 16 heavy (non-hydrogen) atoms. The molecule has 2 rings (SSSR count). The van der Waals surface area contributed by atoms with E-state index in [-0.39, 0.29) is 12.5 Å². The maximum atomic E-state index is 9.06. The molecule has 0 spiro atoms. The SMILES string of the molecule is [B]c1ccc2c(C)nn(CC(C)CO)c2c1. The molecule has 1 heterocycles. The van der Waals surface area contributed by atoms with E-state index in [4.69, 9.17) is 13.0 Å². The van der Waals surface area contributed by atoms with Crippen LogP contribution in [-0.2, 0) is 6.54 Å². The van der Waals surface area contributed by atoms with Crippen molar-refractivity contribution in [3.8, 4) is 0 Å². The van der Waals surface area contributed by atoms with Gasteiger partial charge in [-0.1, -0.05) is 24.5 Å². The van der Waals surface area contributed by atoms with Crippen molar-refractivity contribution in [3.05, 3.63) is 23.9 Å². The molecule has 0 saturated carbocycles. The first-order valence-corrected chi connectivity index (χ1v) is 5.45. The summed E-state index contributed by atoms with van der Waals surface area (Å²) in [6.07, 6.45) is 0. The van der Waals surface area contributed by atoms with Crippen molar-refractivity contribution in [2.45, 2.75) is 20.4 Å². The van der Waals surface area contributed by atoms with Crippen molar-refractivity contribution in [1.82, 2.24) is 9.78 Å². The molecule has 0 amide bonds. The van der Waals surface area contributed by atoms with Crippen molar-refractivity contribution >= 4 is 24.2 Å². The number of rotatable bonds is 3. The van der Waals surface area contributed by atoms with Gasteiger partial charge in [0.05, 0.1) is 11.2 Å². The molecule has 1 atom stereocenters. The fraction of sp³-hybridized carbons (Fsp3) is 0.417. The Morgan fingerprint density at radius 3 is 2.94 bits per heavy atom. The van der Waals surface area contributed by atoms with Gasteiger partial charge in [-0.05, 0) is 18.9 Å². The van der Waals surface area contributed by atoms with Crippen molar-refractivity contribution < 1.29 is 5.11 Å². The zero-order valence-electron chi connectivity index (χ0n) is 9.64. The zero-order chi connectivity index (χ0) is 11.7. The molecule has 2 aromatic rings. The molecule has 0 aliphatic carbocycles. The lowest BCUT2D eigenvalue weighted by atomic mass is 9.95. The van der Waals surface area contributed by atoms with Crippen LogP contribution in [0.25, 0.3) is 10.9 Å². The molecule has 82 valence electrons. The number of hydrogen-bond acceptors (Lipinski definition) is 2. The summed E-state index contributed by atoms with van der Waals surface area (Å²) in [5.41, 5.74) is 2.78. The van der Waals surface area contributed by atoms with Gasteiger partial charge in [-0.25, -0.2) is 0 Å². The van der Waals surface area contributed by atoms with E-state index in [1.54, 1.807) is 0 Å². The molecule has 2 radical (unpaired) electrons. The number of benzene rings is 1. The third kappa shape index (κ3) is 1.98. The summed E-state index contributed by atoms with van der Waals surface area (Å²) in [4.78, 5) is 0. The number of aliphatic hydroxyl groups is 1. The lowest BCUT2D eigenvalue weighted by Gasteiger charge is -2.09. The normalized spacial score (nSPS) is 13.2. The molecule has 0 fully saturated rings. The van der Waals surface area contributed by atoms with Gasteiger partial charge in [-0.3, -0.25) is 4.68 Å². The Labute approximate surface area is 96.5 Å². The van der Waals surface area contributed by atoms with Crippen LogP contribution >= 0.6 is 0 Å². The fourth-order valence-corrected chi connectivity index (χ4v) is 1.85. The minimum atomic E-state index is 0.169. The Bertz CT molecular complexity index is 507. The Hall–Kier alpha value is -1.29. The average Bonchev–Trinajstić information content (AvgIpc) is 2.55. The number of nitrogens with zero attached hydrogens (tertiary/aromatic N) is 2. The predicted octanol–water partition coefficient (Wildman–Crippen LogP) is 0.767. The number of hydrogen-bond donors (Lipinski definition) is 1. The fourth-order valence-electron chi connectivity index (χ4n) is 1.85. The van der Waals surface area contributed by atoms with E-state index >= 15 is 0 Å². The first-order valence-electron chi connectivity index (χ1n) is 5.45. The van der Waals surface area contributed by atoms with Crippen LogP contribution in [0.4, 0.5) is 0 Å². The van der Waals surface area contributed by atoms with E-state index in [0.717, 1.165) is 22.1 Å². The summed E-state index contributed by atoms with van der Waals surface area (Å²) in [6, 6.07) is 5.81. The van der Waals surface area contributed by atoms with Gasteiger partial charge < -0.3 is 5.11 Å². The van der Waals surface area contributed by atoms with Crippen LogP contribution < -0.4 is 5.46 Å². The van der Waals surface area contributed by atoms with Crippen LogP contribution in [0.1, 0.15) is 12.6 Å². The predicted molar refractivity (Wildman–Crippen MR) is 66.1 cm³/mol. The van der Waals surface area contributed by atoms with E-state index in [2.05, 4.69) is 5.10 Å². The summed E-state index contributed by atoms with van der Waals surface area (Å²) in [6.45, 7) is 4.86. The summed E-state index contributed by atoms with van der Waals surface area (Å²) >= 11 is 0. The summed E-state index contributed by atoms with van der Waals surface area (Å²) in [5, 5.41) is 14.7. The number of aryl methyl sites for hydroxylation is 1. The molecule has 0 saturated heterocycles. The molecule has 1 N–H and O–H groups in total.